The van der Waals surface area contributed by atoms with E-state index in [0.717, 1.165) is 4.90 Å². The van der Waals surface area contributed by atoms with Gasteiger partial charge >= 0.3 is 5.97 Å². The molecule has 0 aromatic heterocycles. The van der Waals surface area contributed by atoms with Crippen molar-refractivity contribution in [3.63, 3.8) is 0 Å². The third-order valence-corrected chi connectivity index (χ3v) is 5.03. The van der Waals surface area contributed by atoms with E-state index in [1.807, 2.05) is 13.8 Å². The summed E-state index contributed by atoms with van der Waals surface area (Å²) in [4.78, 5) is 51.4. The first-order chi connectivity index (χ1) is 14.7. The smallest absolute Gasteiger partial charge is 0.329 e. The average Bonchev–Trinajstić information content (AvgIpc) is 2.94. The second-order valence-electron chi connectivity index (χ2n) is 7.49. The van der Waals surface area contributed by atoms with Crippen LogP contribution in [0.25, 0.3) is 0 Å². The molecule has 1 N–H and O–H groups in total. The van der Waals surface area contributed by atoms with Crippen LogP contribution in [0.5, 0.6) is 0 Å². The van der Waals surface area contributed by atoms with Crippen molar-refractivity contribution in [2.75, 3.05) is 11.9 Å². The molecule has 162 valence electrons. The molecule has 31 heavy (non-hydrogen) atoms. The number of rotatable bonds is 7. The monoisotopic (exact) mass is 462 g/mol. The highest BCUT2D eigenvalue weighted by atomic mass is 35.5. The zero-order valence-electron chi connectivity index (χ0n) is 16.9. The molecule has 1 heterocycles. The van der Waals surface area contributed by atoms with Crippen LogP contribution in [0.15, 0.2) is 42.5 Å². The quantitative estimate of drug-likeness (QED) is 0.491. The number of amides is 3. The molecule has 2 aromatic rings. The Hall–Kier alpha value is -2.90. The minimum Gasteiger partial charge on any atom is -0.454 e. The molecule has 0 aliphatic carbocycles. The topological polar surface area (TPSA) is 92.8 Å². The third-order valence-electron chi connectivity index (χ3n) is 4.60. The van der Waals surface area contributed by atoms with Gasteiger partial charge in [0.1, 0.15) is 6.04 Å². The number of imide groups is 1. The Balaban J connectivity index is 1.70. The molecule has 2 aromatic carbocycles. The van der Waals surface area contributed by atoms with Crippen LogP contribution in [0.4, 0.5) is 5.69 Å². The second kappa shape index (κ2) is 9.49. The summed E-state index contributed by atoms with van der Waals surface area (Å²) in [6.07, 6.45) is 0.204. The highest BCUT2D eigenvalue weighted by Gasteiger charge is 2.43. The highest BCUT2D eigenvalue weighted by molar-refractivity contribution is 6.35. The summed E-state index contributed by atoms with van der Waals surface area (Å²) in [6, 6.07) is 9.73. The van der Waals surface area contributed by atoms with Crippen molar-refractivity contribution in [2.24, 2.45) is 5.92 Å². The number of carbonyl (C=O) groups is 4. The minimum atomic E-state index is -1.14. The molecule has 9 heteroatoms. The van der Waals surface area contributed by atoms with Gasteiger partial charge in [0.2, 0.25) is 0 Å². The Bertz CT molecular complexity index is 999. The first-order valence-electron chi connectivity index (χ1n) is 9.57. The summed E-state index contributed by atoms with van der Waals surface area (Å²) < 4.78 is 5.14. The van der Waals surface area contributed by atoms with Gasteiger partial charge in [-0.3, -0.25) is 19.3 Å². The zero-order chi connectivity index (χ0) is 22.7. The molecule has 3 rings (SSSR count). The van der Waals surface area contributed by atoms with Crippen LogP contribution in [0.3, 0.4) is 0 Å². The summed E-state index contributed by atoms with van der Waals surface area (Å²) in [5.41, 5.74) is 0.826. The van der Waals surface area contributed by atoms with Gasteiger partial charge in [-0.1, -0.05) is 49.2 Å². The molecule has 0 saturated heterocycles. The summed E-state index contributed by atoms with van der Waals surface area (Å²) >= 11 is 11.8. The van der Waals surface area contributed by atoms with Gasteiger partial charge in [0, 0.05) is 15.7 Å². The van der Waals surface area contributed by atoms with Crippen molar-refractivity contribution in [1.82, 2.24) is 4.90 Å². The summed E-state index contributed by atoms with van der Waals surface area (Å²) in [5.74, 6) is -2.56. The SMILES string of the molecule is CC(C)C[C@H](C(=O)OCC(=O)Nc1cc(Cl)cc(Cl)c1)N1C(=O)c2ccccc2C1=O. The van der Waals surface area contributed by atoms with Crippen molar-refractivity contribution in [3.8, 4) is 0 Å². The van der Waals surface area contributed by atoms with Gasteiger partial charge in [-0.2, -0.15) is 0 Å². The number of halogens is 2. The number of ether oxygens (including phenoxy) is 1. The Kier molecular flexibility index (Phi) is 6.97. The molecule has 3 amide bonds. The van der Waals surface area contributed by atoms with Gasteiger partial charge < -0.3 is 10.1 Å². The van der Waals surface area contributed by atoms with E-state index in [4.69, 9.17) is 27.9 Å². The van der Waals surface area contributed by atoms with Crippen LogP contribution in [0.1, 0.15) is 41.0 Å². The Labute approximate surface area is 189 Å². The van der Waals surface area contributed by atoms with Crippen LogP contribution < -0.4 is 5.32 Å². The van der Waals surface area contributed by atoms with E-state index in [9.17, 15) is 19.2 Å². The van der Waals surface area contributed by atoms with E-state index in [0.29, 0.717) is 15.7 Å². The van der Waals surface area contributed by atoms with Crippen LogP contribution in [-0.2, 0) is 14.3 Å². The third kappa shape index (κ3) is 5.24. The van der Waals surface area contributed by atoms with E-state index in [1.165, 1.54) is 30.3 Å². The lowest BCUT2D eigenvalue weighted by atomic mass is 10.0. The minimum absolute atomic E-state index is 0.00992. The van der Waals surface area contributed by atoms with Crippen LogP contribution in [-0.4, -0.2) is 41.2 Å². The first-order valence-corrected chi connectivity index (χ1v) is 10.3. The lowest BCUT2D eigenvalue weighted by Crippen LogP contribution is -2.46. The number of carbonyl (C=O) groups excluding carboxylic acids is 4. The standard InChI is InChI=1S/C22H20Cl2N2O5/c1-12(2)7-18(26-20(28)16-5-3-4-6-17(16)21(26)29)22(30)31-11-19(27)25-15-9-13(23)8-14(24)10-15/h3-6,8-10,12,18H,7,11H2,1-2H3,(H,25,27)/t18-/m1/s1. The number of anilines is 1. The summed E-state index contributed by atoms with van der Waals surface area (Å²) in [7, 11) is 0. The van der Waals surface area contributed by atoms with Gasteiger partial charge in [-0.15, -0.1) is 0 Å². The average molecular weight is 463 g/mol. The summed E-state index contributed by atoms with van der Waals surface area (Å²) in [5, 5.41) is 3.20. The maximum atomic E-state index is 12.8. The Morgan fingerprint density at radius 2 is 1.55 bits per heavy atom. The van der Waals surface area contributed by atoms with Gasteiger partial charge in [-0.05, 0) is 42.7 Å². The van der Waals surface area contributed by atoms with Crippen molar-refractivity contribution < 1.29 is 23.9 Å². The normalized spacial score (nSPS) is 13.9. The molecule has 1 atom stereocenters. The van der Waals surface area contributed by atoms with Gasteiger partial charge in [-0.25, -0.2) is 4.79 Å². The molecule has 1 aliphatic rings. The lowest BCUT2D eigenvalue weighted by Gasteiger charge is -2.25. The summed E-state index contributed by atoms with van der Waals surface area (Å²) in [6.45, 7) is 3.11. The molecule has 1 aliphatic heterocycles. The van der Waals surface area contributed by atoms with Crippen molar-refractivity contribution in [3.05, 3.63) is 63.6 Å². The van der Waals surface area contributed by atoms with Crippen LogP contribution >= 0.6 is 23.2 Å². The number of nitrogens with zero attached hydrogens (tertiary/aromatic N) is 1. The number of hydrogen-bond donors (Lipinski definition) is 1. The molecular formula is C22H20Cl2N2O5. The Morgan fingerprint density at radius 1 is 1.00 bits per heavy atom. The van der Waals surface area contributed by atoms with Crippen LogP contribution in [0.2, 0.25) is 10.0 Å². The zero-order valence-corrected chi connectivity index (χ0v) is 18.4. The van der Waals surface area contributed by atoms with Crippen molar-refractivity contribution in [2.45, 2.75) is 26.3 Å². The fourth-order valence-corrected chi connectivity index (χ4v) is 3.83. The molecule has 7 nitrogen and oxygen atoms in total. The molecule has 0 spiro atoms. The van der Waals surface area contributed by atoms with Gasteiger partial charge in [0.05, 0.1) is 11.1 Å². The van der Waals surface area contributed by atoms with E-state index in [2.05, 4.69) is 5.32 Å². The predicted octanol–water partition coefficient (Wildman–Crippen LogP) is 4.19. The molecule has 0 saturated carbocycles. The second-order valence-corrected chi connectivity index (χ2v) is 8.36. The molecule has 0 bridgehead atoms. The van der Waals surface area contributed by atoms with Crippen molar-refractivity contribution in [1.29, 1.82) is 0 Å². The van der Waals surface area contributed by atoms with E-state index >= 15 is 0 Å². The first kappa shape index (κ1) is 22.8. The molecule has 0 fully saturated rings. The van der Waals surface area contributed by atoms with Crippen LogP contribution in [0, 0.1) is 5.92 Å². The number of nitrogens with one attached hydrogen (secondary N) is 1. The van der Waals surface area contributed by atoms with Crippen molar-refractivity contribution >= 4 is 52.6 Å². The number of benzene rings is 2. The molecular weight excluding hydrogens is 443 g/mol. The molecule has 0 radical (unpaired) electrons. The van der Waals surface area contributed by atoms with Gasteiger partial charge in [0.15, 0.2) is 6.61 Å². The largest absolute Gasteiger partial charge is 0.454 e. The van der Waals surface area contributed by atoms with E-state index in [-0.39, 0.29) is 23.5 Å². The predicted molar refractivity (Wildman–Crippen MR) is 116 cm³/mol. The Morgan fingerprint density at radius 3 is 2.06 bits per heavy atom. The fourth-order valence-electron chi connectivity index (χ4n) is 3.30. The number of fused-ring (bicyclic) bond motifs is 1. The maximum Gasteiger partial charge on any atom is 0.329 e. The molecule has 0 unspecified atom stereocenters. The van der Waals surface area contributed by atoms with E-state index < -0.39 is 36.3 Å². The highest BCUT2D eigenvalue weighted by Crippen LogP contribution is 2.27. The van der Waals surface area contributed by atoms with Gasteiger partial charge in [0.25, 0.3) is 17.7 Å². The number of esters is 1. The maximum absolute atomic E-state index is 12.8. The number of hydrogen-bond acceptors (Lipinski definition) is 5. The fraction of sp³-hybridized carbons (Fsp3) is 0.273. The van der Waals surface area contributed by atoms with E-state index in [1.54, 1.807) is 12.1 Å². The lowest BCUT2D eigenvalue weighted by molar-refractivity contribution is -0.151.